The van der Waals surface area contributed by atoms with Gasteiger partial charge >= 0.3 is 0 Å². The highest BCUT2D eigenvalue weighted by atomic mass is 16.1. The molecule has 0 bridgehead atoms. The highest BCUT2D eigenvalue weighted by Crippen LogP contribution is 2.40. The van der Waals surface area contributed by atoms with Gasteiger partial charge in [-0.2, -0.15) is 0 Å². The van der Waals surface area contributed by atoms with Crippen LogP contribution in [0.4, 0.5) is 0 Å². The normalized spacial score (nSPS) is 33.4. The molecular formula is C7H14N2O. The molecule has 0 spiro atoms. The first-order valence-corrected chi connectivity index (χ1v) is 3.65. The van der Waals surface area contributed by atoms with Crippen LogP contribution in [0.25, 0.3) is 0 Å². The van der Waals surface area contributed by atoms with Gasteiger partial charge in [0.2, 0.25) is 5.91 Å². The zero-order valence-electron chi connectivity index (χ0n) is 6.21. The molecule has 3 unspecified atom stereocenters. The molecule has 3 heteroatoms. The van der Waals surface area contributed by atoms with E-state index in [0.29, 0.717) is 18.3 Å². The van der Waals surface area contributed by atoms with Crippen molar-refractivity contribution in [2.45, 2.75) is 25.8 Å². The zero-order valence-corrected chi connectivity index (χ0v) is 6.21. The minimum Gasteiger partial charge on any atom is -0.370 e. The van der Waals surface area contributed by atoms with Crippen molar-refractivity contribution in [1.82, 2.24) is 0 Å². The van der Waals surface area contributed by atoms with Crippen molar-refractivity contribution in [2.75, 3.05) is 0 Å². The average Bonchev–Trinajstić information content (AvgIpc) is 2.44. The van der Waals surface area contributed by atoms with E-state index >= 15 is 0 Å². The maximum Gasteiger partial charge on any atom is 0.218 e. The smallest absolute Gasteiger partial charge is 0.218 e. The number of primary amides is 1. The predicted octanol–water partition coefficient (Wildman–Crippen LogP) is -0.155. The highest BCUT2D eigenvalue weighted by Gasteiger charge is 2.37. The van der Waals surface area contributed by atoms with Crippen molar-refractivity contribution in [1.29, 1.82) is 0 Å². The largest absolute Gasteiger partial charge is 0.370 e. The quantitative estimate of drug-likeness (QED) is 0.575. The molecule has 1 saturated carbocycles. The Kier molecular flexibility index (Phi) is 1.94. The fraction of sp³-hybridized carbons (Fsp3) is 0.857. The summed E-state index contributed by atoms with van der Waals surface area (Å²) in [6.45, 7) is 2.14. The number of carbonyl (C=O) groups excluding carboxylic acids is 1. The third-order valence-corrected chi connectivity index (χ3v) is 2.16. The fourth-order valence-corrected chi connectivity index (χ4v) is 1.33. The maximum atomic E-state index is 10.4. The van der Waals surface area contributed by atoms with E-state index < -0.39 is 0 Å². The molecule has 0 heterocycles. The van der Waals surface area contributed by atoms with Crippen molar-refractivity contribution in [2.24, 2.45) is 23.3 Å². The number of amides is 1. The van der Waals surface area contributed by atoms with Gasteiger partial charge in [0.05, 0.1) is 0 Å². The summed E-state index contributed by atoms with van der Waals surface area (Å²) in [6.07, 6.45) is 1.50. The van der Waals surface area contributed by atoms with E-state index in [-0.39, 0.29) is 11.9 Å². The van der Waals surface area contributed by atoms with Crippen LogP contribution in [0, 0.1) is 11.8 Å². The summed E-state index contributed by atoms with van der Waals surface area (Å²) in [5, 5.41) is 0. The molecule has 1 amide bonds. The summed E-state index contributed by atoms with van der Waals surface area (Å²) in [6, 6.07) is 0.00694. The number of rotatable bonds is 3. The first-order chi connectivity index (χ1) is 4.61. The molecule has 0 radical (unpaired) electrons. The van der Waals surface area contributed by atoms with E-state index in [1.807, 2.05) is 0 Å². The van der Waals surface area contributed by atoms with Crippen LogP contribution in [0.15, 0.2) is 0 Å². The molecule has 1 aliphatic carbocycles. The van der Waals surface area contributed by atoms with Crippen LogP contribution in [-0.2, 0) is 4.79 Å². The van der Waals surface area contributed by atoms with E-state index in [1.165, 1.54) is 0 Å². The van der Waals surface area contributed by atoms with Gasteiger partial charge in [-0.25, -0.2) is 0 Å². The summed E-state index contributed by atoms with van der Waals surface area (Å²) in [7, 11) is 0. The van der Waals surface area contributed by atoms with Gasteiger partial charge in [-0.15, -0.1) is 0 Å². The van der Waals surface area contributed by atoms with E-state index in [2.05, 4.69) is 6.92 Å². The monoisotopic (exact) mass is 142 g/mol. The average molecular weight is 142 g/mol. The predicted molar refractivity (Wildman–Crippen MR) is 39.1 cm³/mol. The van der Waals surface area contributed by atoms with Crippen molar-refractivity contribution in [3.8, 4) is 0 Å². The standard InChI is InChI=1S/C7H14N2O/c1-4-2-5(4)6(8)3-7(9)10/h4-6H,2-3,8H2,1H3,(H2,9,10). The third-order valence-electron chi connectivity index (χ3n) is 2.16. The maximum absolute atomic E-state index is 10.4. The summed E-state index contributed by atoms with van der Waals surface area (Å²) < 4.78 is 0. The lowest BCUT2D eigenvalue weighted by Gasteiger charge is -2.06. The number of carbonyl (C=O) groups is 1. The molecule has 0 aromatic heterocycles. The van der Waals surface area contributed by atoms with Crippen molar-refractivity contribution in [3.05, 3.63) is 0 Å². The van der Waals surface area contributed by atoms with Crippen LogP contribution in [0.1, 0.15) is 19.8 Å². The van der Waals surface area contributed by atoms with Gasteiger partial charge in [0.25, 0.3) is 0 Å². The summed E-state index contributed by atoms with van der Waals surface area (Å²) in [5.41, 5.74) is 10.7. The first kappa shape index (κ1) is 7.54. The van der Waals surface area contributed by atoms with E-state index in [0.717, 1.165) is 6.42 Å². The molecule has 0 aliphatic heterocycles. The van der Waals surface area contributed by atoms with Crippen molar-refractivity contribution in [3.63, 3.8) is 0 Å². The Labute approximate surface area is 60.8 Å². The Morgan fingerprint density at radius 3 is 2.60 bits per heavy atom. The second-order valence-electron chi connectivity index (χ2n) is 3.21. The Bertz CT molecular complexity index is 147. The zero-order chi connectivity index (χ0) is 7.72. The van der Waals surface area contributed by atoms with Crippen LogP contribution in [0.5, 0.6) is 0 Å². The second kappa shape index (κ2) is 2.58. The van der Waals surface area contributed by atoms with Crippen LogP contribution >= 0.6 is 0 Å². The Morgan fingerprint density at radius 2 is 2.30 bits per heavy atom. The highest BCUT2D eigenvalue weighted by molar-refractivity contribution is 5.74. The third kappa shape index (κ3) is 1.70. The van der Waals surface area contributed by atoms with Gasteiger partial charge in [-0.05, 0) is 18.3 Å². The summed E-state index contributed by atoms with van der Waals surface area (Å²) >= 11 is 0. The molecule has 3 nitrogen and oxygen atoms in total. The lowest BCUT2D eigenvalue weighted by atomic mass is 10.1. The Balaban J connectivity index is 2.22. The van der Waals surface area contributed by atoms with E-state index in [4.69, 9.17) is 11.5 Å². The number of hydrogen-bond acceptors (Lipinski definition) is 2. The summed E-state index contributed by atoms with van der Waals surface area (Å²) in [5.74, 6) is 0.966. The lowest BCUT2D eigenvalue weighted by molar-refractivity contribution is -0.118. The van der Waals surface area contributed by atoms with Gasteiger partial charge in [0.1, 0.15) is 0 Å². The minimum absolute atomic E-state index is 0.00694. The van der Waals surface area contributed by atoms with E-state index in [9.17, 15) is 4.79 Å². The van der Waals surface area contributed by atoms with Crippen LogP contribution < -0.4 is 11.5 Å². The minimum atomic E-state index is -0.286. The lowest BCUT2D eigenvalue weighted by Crippen LogP contribution is -2.29. The SMILES string of the molecule is CC1CC1C(N)CC(N)=O. The summed E-state index contributed by atoms with van der Waals surface area (Å²) in [4.78, 5) is 10.4. The Morgan fingerprint density at radius 1 is 1.80 bits per heavy atom. The molecule has 1 rings (SSSR count). The van der Waals surface area contributed by atoms with Crippen molar-refractivity contribution < 1.29 is 4.79 Å². The molecule has 0 saturated heterocycles. The van der Waals surface area contributed by atoms with Gasteiger partial charge in [0, 0.05) is 12.5 Å². The second-order valence-corrected chi connectivity index (χ2v) is 3.21. The van der Waals surface area contributed by atoms with Crippen molar-refractivity contribution >= 4 is 5.91 Å². The molecular weight excluding hydrogens is 128 g/mol. The van der Waals surface area contributed by atoms with Gasteiger partial charge in [-0.3, -0.25) is 4.79 Å². The molecule has 1 aliphatic rings. The number of hydrogen-bond donors (Lipinski definition) is 2. The molecule has 10 heavy (non-hydrogen) atoms. The fourth-order valence-electron chi connectivity index (χ4n) is 1.33. The van der Waals surface area contributed by atoms with Gasteiger partial charge < -0.3 is 11.5 Å². The first-order valence-electron chi connectivity index (χ1n) is 3.65. The molecule has 3 atom stereocenters. The van der Waals surface area contributed by atoms with Crippen LogP contribution in [0.3, 0.4) is 0 Å². The van der Waals surface area contributed by atoms with Gasteiger partial charge in [0.15, 0.2) is 0 Å². The topological polar surface area (TPSA) is 69.1 Å². The molecule has 4 N–H and O–H groups in total. The number of nitrogens with two attached hydrogens (primary N) is 2. The molecule has 0 aromatic carbocycles. The molecule has 0 aromatic rings. The molecule has 58 valence electrons. The Hall–Kier alpha value is -0.570. The molecule has 1 fully saturated rings. The van der Waals surface area contributed by atoms with Gasteiger partial charge in [-0.1, -0.05) is 6.92 Å². The van der Waals surface area contributed by atoms with E-state index in [1.54, 1.807) is 0 Å². The van der Waals surface area contributed by atoms with Crippen LogP contribution in [-0.4, -0.2) is 11.9 Å². The van der Waals surface area contributed by atoms with Crippen LogP contribution in [0.2, 0.25) is 0 Å².